The summed E-state index contributed by atoms with van der Waals surface area (Å²) in [4.78, 5) is 16.3. The summed E-state index contributed by atoms with van der Waals surface area (Å²) in [6.07, 6.45) is 0. The quantitative estimate of drug-likeness (QED) is 0.798. The molecule has 1 aromatic heterocycles. The number of rotatable bonds is 7. The van der Waals surface area contributed by atoms with Gasteiger partial charge in [-0.3, -0.25) is 9.78 Å². The summed E-state index contributed by atoms with van der Waals surface area (Å²) in [5, 5.41) is 2.85. The second-order valence-corrected chi connectivity index (χ2v) is 5.30. The Balaban J connectivity index is 1.71. The third-order valence-corrected chi connectivity index (χ3v) is 3.26. The number of para-hydroxylation sites is 1. The van der Waals surface area contributed by atoms with Crippen molar-refractivity contribution in [1.29, 1.82) is 0 Å². The molecule has 0 saturated heterocycles. The van der Waals surface area contributed by atoms with E-state index in [2.05, 4.69) is 10.3 Å². The van der Waals surface area contributed by atoms with Gasteiger partial charge in [0.25, 0.3) is 0 Å². The van der Waals surface area contributed by atoms with Gasteiger partial charge in [0.1, 0.15) is 19.0 Å². The summed E-state index contributed by atoms with van der Waals surface area (Å²) in [6.45, 7) is 6.51. The number of aryl methyl sites for hydroxylation is 3. The van der Waals surface area contributed by atoms with E-state index in [1.54, 1.807) is 0 Å². The number of carbonyl (C=O) groups excluding carboxylic acids is 1. The first-order chi connectivity index (χ1) is 11.1. The Bertz CT molecular complexity index is 634. The van der Waals surface area contributed by atoms with Gasteiger partial charge in [-0.2, -0.15) is 0 Å². The van der Waals surface area contributed by atoms with E-state index >= 15 is 0 Å². The van der Waals surface area contributed by atoms with Crippen LogP contribution in [0, 0.1) is 20.8 Å². The van der Waals surface area contributed by atoms with Crippen LogP contribution in [0.1, 0.15) is 17.0 Å². The summed E-state index contributed by atoms with van der Waals surface area (Å²) in [7, 11) is 0. The highest BCUT2D eigenvalue weighted by molar-refractivity contribution is 5.93. The number of benzene rings is 1. The summed E-state index contributed by atoms with van der Waals surface area (Å²) in [6, 6.07) is 11.4. The molecule has 0 unspecified atom stereocenters. The number of ether oxygens (including phenoxy) is 2. The second-order valence-electron chi connectivity index (χ2n) is 5.30. The maximum atomic E-state index is 11.9. The summed E-state index contributed by atoms with van der Waals surface area (Å²) >= 11 is 0. The Morgan fingerprint density at radius 3 is 2.57 bits per heavy atom. The lowest BCUT2D eigenvalue weighted by Gasteiger charge is -2.12. The Kier molecular flexibility index (Phi) is 6.11. The van der Waals surface area contributed by atoms with Crippen molar-refractivity contribution in [3.63, 3.8) is 0 Å². The standard InChI is InChI=1S/C18H22N2O3/c1-13-11-14(2)19-15(3)18(13)20-17(21)12-22-9-10-23-16-7-5-4-6-8-16/h4-8,11H,9-10,12H2,1-3H3,(H,20,21). The zero-order valence-corrected chi connectivity index (χ0v) is 13.8. The van der Waals surface area contributed by atoms with E-state index in [1.807, 2.05) is 57.2 Å². The number of nitrogens with one attached hydrogen (secondary N) is 1. The molecule has 23 heavy (non-hydrogen) atoms. The van der Waals surface area contributed by atoms with Gasteiger partial charge >= 0.3 is 0 Å². The van der Waals surface area contributed by atoms with Gasteiger partial charge < -0.3 is 14.8 Å². The average Bonchev–Trinajstić information content (AvgIpc) is 2.51. The van der Waals surface area contributed by atoms with Crippen molar-refractivity contribution in [2.45, 2.75) is 20.8 Å². The highest BCUT2D eigenvalue weighted by Gasteiger charge is 2.09. The lowest BCUT2D eigenvalue weighted by molar-refractivity contribution is -0.120. The van der Waals surface area contributed by atoms with Gasteiger partial charge in [-0.15, -0.1) is 0 Å². The third-order valence-electron chi connectivity index (χ3n) is 3.26. The number of carbonyl (C=O) groups is 1. The monoisotopic (exact) mass is 314 g/mol. The number of hydrogen-bond donors (Lipinski definition) is 1. The van der Waals surface area contributed by atoms with Crippen molar-refractivity contribution in [3.8, 4) is 5.75 Å². The Morgan fingerprint density at radius 1 is 1.13 bits per heavy atom. The second kappa shape index (κ2) is 8.29. The van der Waals surface area contributed by atoms with Crippen LogP contribution in [-0.2, 0) is 9.53 Å². The van der Waals surface area contributed by atoms with E-state index in [4.69, 9.17) is 9.47 Å². The fourth-order valence-electron chi connectivity index (χ4n) is 2.29. The fourth-order valence-corrected chi connectivity index (χ4v) is 2.29. The van der Waals surface area contributed by atoms with Gasteiger partial charge in [-0.25, -0.2) is 0 Å². The third kappa shape index (κ3) is 5.38. The molecule has 0 aliphatic heterocycles. The van der Waals surface area contributed by atoms with Crippen LogP contribution < -0.4 is 10.1 Å². The van der Waals surface area contributed by atoms with Crippen LogP contribution in [0.3, 0.4) is 0 Å². The van der Waals surface area contributed by atoms with Gasteiger partial charge in [0.15, 0.2) is 0 Å². The Morgan fingerprint density at radius 2 is 1.87 bits per heavy atom. The van der Waals surface area contributed by atoms with Crippen molar-refractivity contribution in [3.05, 3.63) is 53.3 Å². The molecular weight excluding hydrogens is 292 g/mol. The number of pyridine rings is 1. The molecule has 1 heterocycles. The molecule has 0 spiro atoms. The van der Waals surface area contributed by atoms with Crippen LogP contribution in [0.25, 0.3) is 0 Å². The molecule has 1 amide bonds. The first-order valence-corrected chi connectivity index (χ1v) is 7.56. The molecule has 0 fully saturated rings. The van der Waals surface area contributed by atoms with Crippen molar-refractivity contribution in [1.82, 2.24) is 4.98 Å². The predicted octanol–water partition coefficient (Wildman–Crippen LogP) is 3.04. The molecule has 0 aliphatic carbocycles. The lowest BCUT2D eigenvalue weighted by Crippen LogP contribution is -2.21. The van der Waals surface area contributed by atoms with Gasteiger partial charge in [0.05, 0.1) is 18.0 Å². The van der Waals surface area contributed by atoms with Crippen LogP contribution in [0.2, 0.25) is 0 Å². The summed E-state index contributed by atoms with van der Waals surface area (Å²) < 4.78 is 10.8. The van der Waals surface area contributed by atoms with E-state index in [1.165, 1.54) is 0 Å². The van der Waals surface area contributed by atoms with E-state index < -0.39 is 0 Å². The maximum absolute atomic E-state index is 11.9. The SMILES string of the molecule is Cc1cc(C)c(NC(=O)COCCOc2ccccc2)c(C)n1. The molecular formula is C18H22N2O3. The lowest BCUT2D eigenvalue weighted by atomic mass is 10.1. The van der Waals surface area contributed by atoms with Crippen molar-refractivity contribution < 1.29 is 14.3 Å². The molecule has 2 aromatic rings. The van der Waals surface area contributed by atoms with Crippen molar-refractivity contribution >= 4 is 11.6 Å². The summed E-state index contributed by atoms with van der Waals surface area (Å²) in [5.41, 5.74) is 3.50. The van der Waals surface area contributed by atoms with Crippen molar-refractivity contribution in [2.75, 3.05) is 25.1 Å². The molecule has 5 nitrogen and oxygen atoms in total. The zero-order chi connectivity index (χ0) is 16.7. The van der Waals surface area contributed by atoms with Gasteiger partial charge in [0, 0.05) is 5.69 Å². The van der Waals surface area contributed by atoms with Crippen LogP contribution in [0.4, 0.5) is 5.69 Å². The van der Waals surface area contributed by atoms with Gasteiger partial charge in [0.2, 0.25) is 5.91 Å². The number of nitrogens with zero attached hydrogens (tertiary/aromatic N) is 1. The number of aromatic nitrogens is 1. The first kappa shape index (κ1) is 17.0. The molecule has 0 atom stereocenters. The zero-order valence-electron chi connectivity index (χ0n) is 13.8. The molecule has 1 N–H and O–H groups in total. The molecule has 5 heteroatoms. The largest absolute Gasteiger partial charge is 0.491 e. The number of anilines is 1. The van der Waals surface area contributed by atoms with E-state index in [0.717, 1.165) is 28.4 Å². The predicted molar refractivity (Wildman–Crippen MR) is 89.8 cm³/mol. The maximum Gasteiger partial charge on any atom is 0.250 e. The molecule has 0 aliphatic rings. The molecule has 1 aromatic carbocycles. The van der Waals surface area contributed by atoms with E-state index in [0.29, 0.717) is 13.2 Å². The van der Waals surface area contributed by atoms with Gasteiger partial charge in [-0.05, 0) is 44.5 Å². The van der Waals surface area contributed by atoms with E-state index in [9.17, 15) is 4.79 Å². The van der Waals surface area contributed by atoms with Crippen LogP contribution >= 0.6 is 0 Å². The van der Waals surface area contributed by atoms with Crippen LogP contribution in [0.15, 0.2) is 36.4 Å². The Labute approximate surface area is 136 Å². The van der Waals surface area contributed by atoms with Crippen LogP contribution in [-0.4, -0.2) is 30.7 Å². The minimum absolute atomic E-state index is 0.00902. The highest BCUT2D eigenvalue weighted by atomic mass is 16.5. The van der Waals surface area contributed by atoms with Crippen LogP contribution in [0.5, 0.6) is 5.75 Å². The normalized spacial score (nSPS) is 10.4. The number of amides is 1. The molecule has 122 valence electrons. The first-order valence-electron chi connectivity index (χ1n) is 7.56. The minimum Gasteiger partial charge on any atom is -0.491 e. The molecule has 0 radical (unpaired) electrons. The van der Waals surface area contributed by atoms with Crippen molar-refractivity contribution in [2.24, 2.45) is 0 Å². The highest BCUT2D eigenvalue weighted by Crippen LogP contribution is 2.18. The van der Waals surface area contributed by atoms with Gasteiger partial charge in [-0.1, -0.05) is 18.2 Å². The smallest absolute Gasteiger partial charge is 0.250 e. The molecule has 0 bridgehead atoms. The molecule has 0 saturated carbocycles. The van der Waals surface area contributed by atoms with E-state index in [-0.39, 0.29) is 12.5 Å². The average molecular weight is 314 g/mol. The fraction of sp³-hybridized carbons (Fsp3) is 0.333. The Hall–Kier alpha value is -2.40. The summed E-state index contributed by atoms with van der Waals surface area (Å²) in [5.74, 6) is 0.596. The number of hydrogen-bond acceptors (Lipinski definition) is 4. The minimum atomic E-state index is -0.193. The molecule has 2 rings (SSSR count). The topological polar surface area (TPSA) is 60.5 Å².